The molecule has 2 aromatic rings. The van der Waals surface area contributed by atoms with Crippen molar-refractivity contribution >= 4 is 35.3 Å². The first-order chi connectivity index (χ1) is 11.2. The fourth-order valence-electron chi connectivity index (χ4n) is 3.30. The van der Waals surface area contributed by atoms with Gasteiger partial charge in [0.05, 0.1) is 17.6 Å². The predicted molar refractivity (Wildman–Crippen MR) is 97.6 cm³/mol. The lowest BCUT2D eigenvalue weighted by Crippen LogP contribution is -2.40. The van der Waals surface area contributed by atoms with Crippen LogP contribution in [0.4, 0.5) is 5.95 Å². The SMILES string of the molecule is COCC(N)C(=O)Nc1nc2ccccc2n1C1CCCCC1.Cl. The van der Waals surface area contributed by atoms with Gasteiger partial charge in [0.2, 0.25) is 11.9 Å². The highest BCUT2D eigenvalue weighted by Crippen LogP contribution is 2.34. The fourth-order valence-corrected chi connectivity index (χ4v) is 3.30. The summed E-state index contributed by atoms with van der Waals surface area (Å²) >= 11 is 0. The first kappa shape index (κ1) is 18.7. The van der Waals surface area contributed by atoms with Gasteiger partial charge in [-0.05, 0) is 25.0 Å². The van der Waals surface area contributed by atoms with E-state index >= 15 is 0 Å². The van der Waals surface area contributed by atoms with Crippen LogP contribution in [-0.4, -0.2) is 35.2 Å². The minimum absolute atomic E-state index is 0. The molecule has 0 spiro atoms. The maximum absolute atomic E-state index is 12.2. The third kappa shape index (κ3) is 3.88. The Hall–Kier alpha value is -1.63. The van der Waals surface area contributed by atoms with Crippen molar-refractivity contribution in [3.63, 3.8) is 0 Å². The molecule has 0 bridgehead atoms. The summed E-state index contributed by atoms with van der Waals surface area (Å²) < 4.78 is 7.13. The maximum atomic E-state index is 12.2. The van der Waals surface area contributed by atoms with E-state index in [1.165, 1.54) is 26.4 Å². The van der Waals surface area contributed by atoms with Crippen LogP contribution in [0.2, 0.25) is 0 Å². The number of nitrogens with zero attached hydrogens (tertiary/aromatic N) is 2. The van der Waals surface area contributed by atoms with Crippen molar-refractivity contribution < 1.29 is 9.53 Å². The highest BCUT2D eigenvalue weighted by atomic mass is 35.5. The molecule has 3 N–H and O–H groups in total. The molecule has 1 aliphatic rings. The van der Waals surface area contributed by atoms with E-state index in [4.69, 9.17) is 10.5 Å². The Balaban J connectivity index is 0.00000208. The topological polar surface area (TPSA) is 82.2 Å². The zero-order chi connectivity index (χ0) is 16.2. The third-order valence-electron chi connectivity index (χ3n) is 4.45. The number of ether oxygens (including phenoxy) is 1. The summed E-state index contributed by atoms with van der Waals surface area (Å²) in [5.74, 6) is 0.328. The van der Waals surface area contributed by atoms with Crippen molar-refractivity contribution in [2.45, 2.75) is 44.2 Å². The van der Waals surface area contributed by atoms with E-state index in [1.54, 1.807) is 0 Å². The number of nitrogens with one attached hydrogen (secondary N) is 1. The number of nitrogens with two attached hydrogens (primary N) is 1. The number of hydrogen-bond donors (Lipinski definition) is 2. The number of amides is 1. The van der Waals surface area contributed by atoms with E-state index in [9.17, 15) is 4.79 Å². The number of methoxy groups -OCH3 is 1. The van der Waals surface area contributed by atoms with Gasteiger partial charge in [-0.3, -0.25) is 10.1 Å². The van der Waals surface area contributed by atoms with Crippen LogP contribution < -0.4 is 11.1 Å². The van der Waals surface area contributed by atoms with Crippen LogP contribution in [0, 0.1) is 0 Å². The van der Waals surface area contributed by atoms with Gasteiger partial charge in [0.15, 0.2) is 0 Å². The van der Waals surface area contributed by atoms with Crippen molar-refractivity contribution in [3.8, 4) is 0 Å². The predicted octanol–water partition coefficient (Wildman–Crippen LogP) is 2.88. The van der Waals surface area contributed by atoms with Crippen LogP contribution in [0.5, 0.6) is 0 Å². The largest absolute Gasteiger partial charge is 0.383 e. The Kier molecular flexibility index (Phi) is 6.60. The number of imidazole rings is 1. The number of hydrogen-bond acceptors (Lipinski definition) is 4. The van der Waals surface area contributed by atoms with Crippen LogP contribution in [0.3, 0.4) is 0 Å². The molecule has 1 amide bonds. The smallest absolute Gasteiger partial charge is 0.245 e. The number of rotatable bonds is 5. The Morgan fingerprint density at radius 1 is 1.38 bits per heavy atom. The Bertz CT molecular complexity index is 682. The standard InChI is InChI=1S/C17H24N4O2.ClH/c1-23-11-13(18)16(22)20-17-19-14-9-5-6-10-15(14)21(17)12-7-3-2-4-8-12;/h5-6,9-10,12-13H,2-4,7-8,11,18H2,1H3,(H,19,20,22);1H. The molecule has 1 aromatic carbocycles. The second-order valence-electron chi connectivity index (χ2n) is 6.14. The lowest BCUT2D eigenvalue weighted by molar-refractivity contribution is -0.118. The van der Waals surface area contributed by atoms with E-state index < -0.39 is 6.04 Å². The van der Waals surface area contributed by atoms with E-state index in [0.717, 1.165) is 23.9 Å². The van der Waals surface area contributed by atoms with Crippen LogP contribution >= 0.6 is 12.4 Å². The molecular formula is C17H25ClN4O2. The monoisotopic (exact) mass is 352 g/mol. The molecule has 6 nitrogen and oxygen atoms in total. The van der Waals surface area contributed by atoms with Gasteiger partial charge in [0.1, 0.15) is 6.04 Å². The highest BCUT2D eigenvalue weighted by molar-refractivity contribution is 5.95. The van der Waals surface area contributed by atoms with Crippen LogP contribution in [0.1, 0.15) is 38.1 Å². The van der Waals surface area contributed by atoms with Gasteiger partial charge in [-0.25, -0.2) is 4.98 Å². The van der Waals surface area contributed by atoms with Gasteiger partial charge in [-0.2, -0.15) is 0 Å². The van der Waals surface area contributed by atoms with Gasteiger partial charge in [-0.15, -0.1) is 12.4 Å². The van der Waals surface area contributed by atoms with Crippen molar-refractivity contribution in [1.29, 1.82) is 0 Å². The molecule has 0 radical (unpaired) electrons. The fraction of sp³-hybridized carbons (Fsp3) is 0.529. The number of anilines is 1. The summed E-state index contributed by atoms with van der Waals surface area (Å²) in [5, 5.41) is 2.89. The normalized spacial score (nSPS) is 16.6. The molecule has 24 heavy (non-hydrogen) atoms. The molecule has 1 unspecified atom stereocenters. The number of carbonyl (C=O) groups is 1. The van der Waals surface area contributed by atoms with E-state index in [0.29, 0.717) is 12.0 Å². The quantitative estimate of drug-likeness (QED) is 0.866. The average molecular weight is 353 g/mol. The van der Waals surface area contributed by atoms with Crippen molar-refractivity contribution in [2.24, 2.45) is 5.73 Å². The number of halogens is 1. The number of para-hydroxylation sites is 2. The summed E-state index contributed by atoms with van der Waals surface area (Å²) in [7, 11) is 1.53. The first-order valence-electron chi connectivity index (χ1n) is 8.23. The van der Waals surface area contributed by atoms with Crippen molar-refractivity contribution in [3.05, 3.63) is 24.3 Å². The second-order valence-corrected chi connectivity index (χ2v) is 6.14. The van der Waals surface area contributed by atoms with Crippen molar-refractivity contribution in [1.82, 2.24) is 9.55 Å². The maximum Gasteiger partial charge on any atom is 0.245 e. The minimum atomic E-state index is -0.695. The average Bonchev–Trinajstić information content (AvgIpc) is 2.93. The Labute approximate surface area is 148 Å². The molecule has 3 rings (SSSR count). The summed E-state index contributed by atoms with van der Waals surface area (Å²) in [6.45, 7) is 0.190. The van der Waals surface area contributed by atoms with Crippen LogP contribution in [0.25, 0.3) is 11.0 Å². The lowest BCUT2D eigenvalue weighted by atomic mass is 9.95. The zero-order valence-corrected chi connectivity index (χ0v) is 14.7. The number of benzene rings is 1. The third-order valence-corrected chi connectivity index (χ3v) is 4.45. The number of aromatic nitrogens is 2. The molecule has 1 heterocycles. The van der Waals surface area contributed by atoms with E-state index in [1.807, 2.05) is 18.2 Å². The Morgan fingerprint density at radius 3 is 2.79 bits per heavy atom. The van der Waals surface area contributed by atoms with Gasteiger partial charge in [0, 0.05) is 13.2 Å². The number of carbonyl (C=O) groups excluding carboxylic acids is 1. The van der Waals surface area contributed by atoms with Crippen LogP contribution in [0.15, 0.2) is 24.3 Å². The molecule has 1 atom stereocenters. The van der Waals surface area contributed by atoms with Gasteiger partial charge in [0.25, 0.3) is 0 Å². The number of fused-ring (bicyclic) bond motifs is 1. The molecule has 0 saturated heterocycles. The second kappa shape index (κ2) is 8.46. The van der Waals surface area contributed by atoms with Gasteiger partial charge >= 0.3 is 0 Å². The van der Waals surface area contributed by atoms with Crippen LogP contribution in [-0.2, 0) is 9.53 Å². The zero-order valence-electron chi connectivity index (χ0n) is 13.9. The van der Waals surface area contributed by atoms with Gasteiger partial charge < -0.3 is 15.0 Å². The summed E-state index contributed by atoms with van der Waals surface area (Å²) in [6, 6.07) is 7.68. The van der Waals surface area contributed by atoms with E-state index in [2.05, 4.69) is 20.9 Å². The highest BCUT2D eigenvalue weighted by Gasteiger charge is 2.23. The molecule has 1 aromatic heterocycles. The van der Waals surface area contributed by atoms with Gasteiger partial charge in [-0.1, -0.05) is 31.4 Å². The molecule has 7 heteroatoms. The molecule has 1 fully saturated rings. The minimum Gasteiger partial charge on any atom is -0.383 e. The first-order valence-corrected chi connectivity index (χ1v) is 8.23. The molecule has 1 aliphatic carbocycles. The summed E-state index contributed by atoms with van der Waals surface area (Å²) in [4.78, 5) is 16.8. The van der Waals surface area contributed by atoms with Crippen molar-refractivity contribution in [2.75, 3.05) is 19.0 Å². The lowest BCUT2D eigenvalue weighted by Gasteiger charge is -2.25. The summed E-state index contributed by atoms with van der Waals surface area (Å²) in [6.07, 6.45) is 5.95. The molecule has 132 valence electrons. The Morgan fingerprint density at radius 2 is 2.08 bits per heavy atom. The molecule has 0 aliphatic heterocycles. The van der Waals surface area contributed by atoms with E-state index in [-0.39, 0.29) is 24.9 Å². The molecular weight excluding hydrogens is 328 g/mol. The molecule has 1 saturated carbocycles. The summed E-state index contributed by atoms with van der Waals surface area (Å²) in [5.41, 5.74) is 7.79.